The molecule has 0 unspecified atom stereocenters. The monoisotopic (exact) mass is 369 g/mol. The van der Waals surface area contributed by atoms with Gasteiger partial charge in [0.2, 0.25) is 11.8 Å². The topological polar surface area (TPSA) is 52.7 Å². The van der Waals surface area contributed by atoms with Crippen LogP contribution >= 0.6 is 24.2 Å². The first-order valence-corrected chi connectivity index (χ1v) is 9.18. The molecule has 1 N–H and O–H groups in total. The van der Waals surface area contributed by atoms with Crippen molar-refractivity contribution in [2.75, 3.05) is 36.8 Å². The fourth-order valence-electron chi connectivity index (χ4n) is 3.13. The smallest absolute Gasteiger partial charge is 0.227 e. The molecular formula is C17H24ClN3O2S. The van der Waals surface area contributed by atoms with Gasteiger partial charge in [0.15, 0.2) is 0 Å². The van der Waals surface area contributed by atoms with Crippen molar-refractivity contribution >= 4 is 41.7 Å². The number of hydrogen-bond donors (Lipinski definition) is 1. The minimum atomic E-state index is 0. The van der Waals surface area contributed by atoms with Gasteiger partial charge in [-0.15, -0.1) is 24.2 Å². The Bertz CT molecular complexity index is 599. The molecule has 24 heavy (non-hydrogen) atoms. The number of para-hydroxylation sites is 1. The third kappa shape index (κ3) is 4.23. The second-order valence-electron chi connectivity index (χ2n) is 6.00. The van der Waals surface area contributed by atoms with E-state index < -0.39 is 0 Å². The molecule has 2 amide bonds. The maximum Gasteiger partial charge on any atom is 0.227 e. The number of halogens is 1. The molecular weight excluding hydrogens is 346 g/mol. The summed E-state index contributed by atoms with van der Waals surface area (Å²) >= 11 is 1.78. The average Bonchev–Trinajstić information content (AvgIpc) is 2.59. The SMILES string of the molecule is C[C@H]1CNCCN1C(=O)CCC(=O)N1CCSc2ccccc21.Cl. The Morgan fingerprint density at radius 3 is 2.75 bits per heavy atom. The fraction of sp³-hybridized carbons (Fsp3) is 0.529. The highest BCUT2D eigenvalue weighted by molar-refractivity contribution is 7.99. The highest BCUT2D eigenvalue weighted by Crippen LogP contribution is 2.34. The number of nitrogens with zero attached hydrogens (tertiary/aromatic N) is 2. The molecule has 0 saturated carbocycles. The lowest BCUT2D eigenvalue weighted by molar-refractivity contribution is -0.135. The van der Waals surface area contributed by atoms with Crippen molar-refractivity contribution in [3.8, 4) is 0 Å². The number of hydrogen-bond acceptors (Lipinski definition) is 4. The van der Waals surface area contributed by atoms with Gasteiger partial charge in [-0.3, -0.25) is 9.59 Å². The number of anilines is 1. The summed E-state index contributed by atoms with van der Waals surface area (Å²) in [6.45, 7) is 5.16. The van der Waals surface area contributed by atoms with E-state index >= 15 is 0 Å². The third-order valence-corrected chi connectivity index (χ3v) is 5.45. The highest BCUT2D eigenvalue weighted by Gasteiger charge is 2.26. The molecule has 7 heteroatoms. The van der Waals surface area contributed by atoms with Gasteiger partial charge in [0, 0.05) is 55.7 Å². The van der Waals surface area contributed by atoms with Gasteiger partial charge >= 0.3 is 0 Å². The van der Waals surface area contributed by atoms with Crippen LogP contribution in [0.2, 0.25) is 0 Å². The van der Waals surface area contributed by atoms with E-state index in [1.807, 2.05) is 41.0 Å². The van der Waals surface area contributed by atoms with Crippen LogP contribution in [0.15, 0.2) is 29.2 Å². The first kappa shape index (κ1) is 19.1. The molecule has 1 saturated heterocycles. The van der Waals surface area contributed by atoms with Crippen LogP contribution in [-0.4, -0.2) is 54.7 Å². The molecule has 3 rings (SSSR count). The number of nitrogens with one attached hydrogen (secondary N) is 1. The number of carbonyl (C=O) groups excluding carboxylic acids is 2. The number of carbonyl (C=O) groups is 2. The van der Waals surface area contributed by atoms with Crippen LogP contribution in [0, 0.1) is 0 Å². The van der Waals surface area contributed by atoms with Crippen molar-refractivity contribution in [2.24, 2.45) is 0 Å². The van der Waals surface area contributed by atoms with Crippen molar-refractivity contribution in [1.29, 1.82) is 0 Å². The van der Waals surface area contributed by atoms with E-state index in [4.69, 9.17) is 0 Å². The fourth-order valence-corrected chi connectivity index (χ4v) is 4.13. The number of thioether (sulfide) groups is 1. The second kappa shape index (κ2) is 8.74. The Balaban J connectivity index is 0.00000208. The highest BCUT2D eigenvalue weighted by atomic mass is 35.5. The summed E-state index contributed by atoms with van der Waals surface area (Å²) < 4.78 is 0. The van der Waals surface area contributed by atoms with E-state index in [-0.39, 0.29) is 36.7 Å². The van der Waals surface area contributed by atoms with Crippen molar-refractivity contribution in [1.82, 2.24) is 10.2 Å². The molecule has 1 aromatic rings. The maximum atomic E-state index is 12.6. The summed E-state index contributed by atoms with van der Waals surface area (Å²) in [5, 5.41) is 3.28. The predicted molar refractivity (Wildman–Crippen MR) is 100 cm³/mol. The number of fused-ring (bicyclic) bond motifs is 1. The summed E-state index contributed by atoms with van der Waals surface area (Å²) in [5.41, 5.74) is 0.983. The quantitative estimate of drug-likeness (QED) is 0.887. The number of rotatable bonds is 3. The second-order valence-corrected chi connectivity index (χ2v) is 7.14. The number of amides is 2. The van der Waals surface area contributed by atoms with Gasteiger partial charge in [-0.25, -0.2) is 0 Å². The van der Waals surface area contributed by atoms with Gasteiger partial charge in [0.05, 0.1) is 5.69 Å². The minimum absolute atomic E-state index is 0. The molecule has 0 aliphatic carbocycles. The summed E-state index contributed by atoms with van der Waals surface area (Å²) in [7, 11) is 0. The Morgan fingerprint density at radius 2 is 1.96 bits per heavy atom. The molecule has 1 aromatic carbocycles. The largest absolute Gasteiger partial charge is 0.337 e. The van der Waals surface area contributed by atoms with Crippen LogP contribution in [0.3, 0.4) is 0 Å². The van der Waals surface area contributed by atoms with Gasteiger partial charge < -0.3 is 15.1 Å². The maximum absolute atomic E-state index is 12.6. The molecule has 1 atom stereocenters. The summed E-state index contributed by atoms with van der Waals surface area (Å²) in [6, 6.07) is 8.19. The van der Waals surface area contributed by atoms with E-state index in [0.29, 0.717) is 6.42 Å². The first-order chi connectivity index (χ1) is 11.2. The van der Waals surface area contributed by atoms with E-state index in [1.54, 1.807) is 11.8 Å². The predicted octanol–water partition coefficient (Wildman–Crippen LogP) is 2.15. The zero-order valence-electron chi connectivity index (χ0n) is 13.9. The van der Waals surface area contributed by atoms with Crippen molar-refractivity contribution in [3.05, 3.63) is 24.3 Å². The standard InChI is InChI=1S/C17H23N3O2S.ClH/c1-13-12-18-8-9-19(13)16(21)6-7-17(22)20-10-11-23-15-5-3-2-4-14(15)20;/h2-5,13,18H,6-12H2,1H3;1H/t13-;/m0./s1. The van der Waals surface area contributed by atoms with Crippen LogP contribution in [-0.2, 0) is 9.59 Å². The lowest BCUT2D eigenvalue weighted by atomic mass is 10.1. The molecule has 2 aliphatic rings. The average molecular weight is 370 g/mol. The summed E-state index contributed by atoms with van der Waals surface area (Å²) in [6.07, 6.45) is 0.587. The first-order valence-electron chi connectivity index (χ1n) is 8.19. The number of piperazine rings is 1. The Hall–Kier alpha value is -1.24. The van der Waals surface area contributed by atoms with Gasteiger partial charge in [0.1, 0.15) is 0 Å². The Kier molecular flexibility index (Phi) is 6.95. The minimum Gasteiger partial charge on any atom is -0.337 e. The summed E-state index contributed by atoms with van der Waals surface area (Å²) in [4.78, 5) is 29.8. The van der Waals surface area contributed by atoms with Gasteiger partial charge in [-0.1, -0.05) is 12.1 Å². The van der Waals surface area contributed by atoms with Crippen LogP contribution in [0.5, 0.6) is 0 Å². The molecule has 0 radical (unpaired) electrons. The molecule has 5 nitrogen and oxygen atoms in total. The molecule has 132 valence electrons. The van der Waals surface area contributed by atoms with Crippen molar-refractivity contribution in [3.63, 3.8) is 0 Å². The molecule has 2 aliphatic heterocycles. The van der Waals surface area contributed by atoms with E-state index in [9.17, 15) is 9.59 Å². The normalized spacial score (nSPS) is 20.1. The lowest BCUT2D eigenvalue weighted by Crippen LogP contribution is -2.52. The van der Waals surface area contributed by atoms with Crippen LogP contribution in [0.4, 0.5) is 5.69 Å². The van der Waals surface area contributed by atoms with Crippen LogP contribution < -0.4 is 10.2 Å². The van der Waals surface area contributed by atoms with Crippen molar-refractivity contribution in [2.45, 2.75) is 30.7 Å². The van der Waals surface area contributed by atoms with E-state index in [0.717, 1.165) is 42.5 Å². The third-order valence-electron chi connectivity index (χ3n) is 4.40. The zero-order valence-corrected chi connectivity index (χ0v) is 15.5. The Morgan fingerprint density at radius 1 is 1.21 bits per heavy atom. The zero-order chi connectivity index (χ0) is 16.2. The molecule has 2 heterocycles. The molecule has 1 fully saturated rings. The summed E-state index contributed by atoms with van der Waals surface area (Å²) in [5.74, 6) is 1.05. The van der Waals surface area contributed by atoms with Gasteiger partial charge in [-0.05, 0) is 19.1 Å². The van der Waals surface area contributed by atoms with Crippen LogP contribution in [0.1, 0.15) is 19.8 Å². The van der Waals surface area contributed by atoms with Gasteiger partial charge in [-0.2, -0.15) is 0 Å². The Labute approximate surface area is 153 Å². The number of benzene rings is 1. The van der Waals surface area contributed by atoms with E-state index in [2.05, 4.69) is 5.32 Å². The van der Waals surface area contributed by atoms with Crippen LogP contribution in [0.25, 0.3) is 0 Å². The van der Waals surface area contributed by atoms with Gasteiger partial charge in [0.25, 0.3) is 0 Å². The van der Waals surface area contributed by atoms with Crippen molar-refractivity contribution < 1.29 is 9.59 Å². The molecule has 0 aromatic heterocycles. The molecule has 0 bridgehead atoms. The molecule has 0 spiro atoms. The van der Waals surface area contributed by atoms with E-state index in [1.165, 1.54) is 0 Å². The lowest BCUT2D eigenvalue weighted by Gasteiger charge is -2.34.